The van der Waals surface area contributed by atoms with E-state index in [9.17, 15) is 9.90 Å². The number of carbonyl (C=O) groups excluding carboxylic acids is 1. The smallest absolute Gasteiger partial charge is 0.244 e. The summed E-state index contributed by atoms with van der Waals surface area (Å²) in [5, 5.41) is 13.2. The summed E-state index contributed by atoms with van der Waals surface area (Å²) in [4.78, 5) is 11.7. The van der Waals surface area contributed by atoms with Crippen molar-refractivity contribution in [1.82, 2.24) is 5.43 Å². The Morgan fingerprint density at radius 3 is 2.70 bits per heavy atom. The Kier molecular flexibility index (Phi) is 4.50. The monoisotopic (exact) mass is 268 g/mol. The molecular formula is C16H16N2O2. The van der Waals surface area contributed by atoms with Gasteiger partial charge in [0.05, 0.1) is 12.6 Å². The molecule has 0 aliphatic heterocycles. The Labute approximate surface area is 117 Å². The average molecular weight is 268 g/mol. The molecule has 0 aromatic heterocycles. The number of amides is 1. The van der Waals surface area contributed by atoms with Crippen molar-refractivity contribution in [3.8, 4) is 5.75 Å². The normalized spacial score (nSPS) is 10.7. The van der Waals surface area contributed by atoms with E-state index >= 15 is 0 Å². The van der Waals surface area contributed by atoms with Crippen LogP contribution in [-0.4, -0.2) is 17.2 Å². The number of aryl methyl sites for hydroxylation is 1. The van der Waals surface area contributed by atoms with Crippen molar-refractivity contribution in [2.24, 2.45) is 5.10 Å². The molecule has 0 bridgehead atoms. The van der Waals surface area contributed by atoms with Crippen LogP contribution in [0.2, 0.25) is 0 Å². The van der Waals surface area contributed by atoms with Crippen LogP contribution in [0.15, 0.2) is 53.6 Å². The number of nitrogens with zero attached hydrogens (tertiary/aromatic N) is 1. The van der Waals surface area contributed by atoms with E-state index in [0.29, 0.717) is 0 Å². The van der Waals surface area contributed by atoms with Crippen LogP contribution in [0.5, 0.6) is 5.75 Å². The maximum Gasteiger partial charge on any atom is 0.244 e. The van der Waals surface area contributed by atoms with Crippen LogP contribution in [0.3, 0.4) is 0 Å². The van der Waals surface area contributed by atoms with Gasteiger partial charge in [0.15, 0.2) is 0 Å². The maximum absolute atomic E-state index is 11.7. The first-order chi connectivity index (χ1) is 9.63. The minimum Gasteiger partial charge on any atom is -0.508 e. The molecule has 0 radical (unpaired) electrons. The fraction of sp³-hybridized carbons (Fsp3) is 0.125. The van der Waals surface area contributed by atoms with E-state index in [1.54, 1.807) is 24.3 Å². The Morgan fingerprint density at radius 2 is 2.00 bits per heavy atom. The van der Waals surface area contributed by atoms with Crippen molar-refractivity contribution < 1.29 is 9.90 Å². The first kappa shape index (κ1) is 13.8. The van der Waals surface area contributed by atoms with Gasteiger partial charge in [-0.05, 0) is 30.2 Å². The van der Waals surface area contributed by atoms with Crippen molar-refractivity contribution in [3.05, 3.63) is 65.2 Å². The zero-order chi connectivity index (χ0) is 14.4. The Morgan fingerprint density at radius 1 is 1.25 bits per heavy atom. The van der Waals surface area contributed by atoms with E-state index in [0.717, 1.165) is 16.7 Å². The van der Waals surface area contributed by atoms with Crippen molar-refractivity contribution >= 4 is 12.1 Å². The molecule has 2 N–H and O–H groups in total. The summed E-state index contributed by atoms with van der Waals surface area (Å²) < 4.78 is 0. The van der Waals surface area contributed by atoms with E-state index in [4.69, 9.17) is 0 Å². The Balaban J connectivity index is 1.87. The molecule has 2 aromatic rings. The van der Waals surface area contributed by atoms with Gasteiger partial charge in [0, 0.05) is 0 Å². The summed E-state index contributed by atoms with van der Waals surface area (Å²) in [6.45, 7) is 2.00. The highest BCUT2D eigenvalue weighted by Gasteiger charge is 2.01. The molecule has 2 rings (SSSR count). The van der Waals surface area contributed by atoms with Gasteiger partial charge in [-0.15, -0.1) is 0 Å². The lowest BCUT2D eigenvalue weighted by Crippen LogP contribution is -2.19. The molecular weight excluding hydrogens is 252 g/mol. The number of phenols is 1. The van der Waals surface area contributed by atoms with Crippen molar-refractivity contribution in [2.45, 2.75) is 13.3 Å². The molecule has 0 atom stereocenters. The van der Waals surface area contributed by atoms with Crippen LogP contribution in [0.25, 0.3) is 0 Å². The molecule has 0 saturated heterocycles. The van der Waals surface area contributed by atoms with Gasteiger partial charge in [0.2, 0.25) is 5.91 Å². The standard InChI is InChI=1S/C16H16N2O2/c1-12-5-7-13(8-6-12)10-16(20)18-17-11-14-3-2-4-15(19)9-14/h2-9,11,19H,10H2,1H3,(H,18,20)/b17-11-. The number of nitrogens with one attached hydrogen (secondary N) is 1. The largest absolute Gasteiger partial charge is 0.508 e. The third kappa shape index (κ3) is 4.24. The van der Waals surface area contributed by atoms with Gasteiger partial charge >= 0.3 is 0 Å². The lowest BCUT2D eigenvalue weighted by Gasteiger charge is -2.01. The number of hydrogen-bond acceptors (Lipinski definition) is 3. The molecule has 2 aromatic carbocycles. The van der Waals surface area contributed by atoms with Crippen molar-refractivity contribution in [1.29, 1.82) is 0 Å². The molecule has 0 unspecified atom stereocenters. The second-order valence-electron chi connectivity index (χ2n) is 4.55. The lowest BCUT2D eigenvalue weighted by molar-refractivity contribution is -0.120. The van der Waals surface area contributed by atoms with Crippen LogP contribution < -0.4 is 5.43 Å². The molecule has 20 heavy (non-hydrogen) atoms. The second-order valence-corrected chi connectivity index (χ2v) is 4.55. The molecule has 102 valence electrons. The van der Waals surface area contributed by atoms with Gasteiger partial charge in [0.1, 0.15) is 5.75 Å². The maximum atomic E-state index is 11.7. The zero-order valence-corrected chi connectivity index (χ0v) is 11.2. The van der Waals surface area contributed by atoms with Crippen LogP contribution in [0.1, 0.15) is 16.7 Å². The van der Waals surface area contributed by atoms with Crippen LogP contribution in [0.4, 0.5) is 0 Å². The number of aromatic hydroxyl groups is 1. The van der Waals surface area contributed by atoms with Crippen LogP contribution in [0, 0.1) is 6.92 Å². The molecule has 4 heteroatoms. The van der Waals surface area contributed by atoms with Gasteiger partial charge in [-0.2, -0.15) is 5.10 Å². The highest BCUT2D eigenvalue weighted by atomic mass is 16.3. The topological polar surface area (TPSA) is 61.7 Å². The van der Waals surface area contributed by atoms with E-state index in [1.165, 1.54) is 6.21 Å². The molecule has 0 saturated carbocycles. The van der Waals surface area contributed by atoms with E-state index in [1.807, 2.05) is 31.2 Å². The van der Waals surface area contributed by atoms with E-state index < -0.39 is 0 Å². The third-order valence-corrected chi connectivity index (χ3v) is 2.76. The zero-order valence-electron chi connectivity index (χ0n) is 11.2. The predicted octanol–water partition coefficient (Wildman–Crippen LogP) is 2.39. The van der Waals surface area contributed by atoms with Crippen LogP contribution >= 0.6 is 0 Å². The molecule has 0 aliphatic carbocycles. The second kappa shape index (κ2) is 6.52. The molecule has 0 spiro atoms. The van der Waals surface area contributed by atoms with Gasteiger partial charge in [-0.3, -0.25) is 4.79 Å². The molecule has 0 aliphatic rings. The Bertz CT molecular complexity index is 619. The minimum atomic E-state index is -0.176. The number of phenolic OH excluding ortho intramolecular Hbond substituents is 1. The number of hydrazone groups is 1. The first-order valence-corrected chi connectivity index (χ1v) is 6.30. The fourth-order valence-corrected chi connectivity index (χ4v) is 1.71. The SMILES string of the molecule is Cc1ccc(CC(=O)N/N=C\c2cccc(O)c2)cc1. The number of hydrogen-bond donors (Lipinski definition) is 2. The lowest BCUT2D eigenvalue weighted by atomic mass is 10.1. The number of benzene rings is 2. The van der Waals surface area contributed by atoms with Crippen molar-refractivity contribution in [2.75, 3.05) is 0 Å². The van der Waals surface area contributed by atoms with Gasteiger partial charge in [0.25, 0.3) is 0 Å². The third-order valence-electron chi connectivity index (χ3n) is 2.76. The van der Waals surface area contributed by atoms with Crippen LogP contribution in [-0.2, 0) is 11.2 Å². The summed E-state index contributed by atoms with van der Waals surface area (Å²) in [6, 6.07) is 14.4. The quantitative estimate of drug-likeness (QED) is 0.660. The van der Waals surface area contributed by atoms with Gasteiger partial charge in [-0.25, -0.2) is 5.43 Å². The van der Waals surface area contributed by atoms with Gasteiger partial charge < -0.3 is 5.11 Å². The number of rotatable bonds is 4. The highest BCUT2D eigenvalue weighted by molar-refractivity contribution is 5.83. The van der Waals surface area contributed by atoms with Gasteiger partial charge in [-0.1, -0.05) is 42.0 Å². The average Bonchev–Trinajstić information content (AvgIpc) is 2.41. The summed E-state index contributed by atoms with van der Waals surface area (Å²) >= 11 is 0. The summed E-state index contributed by atoms with van der Waals surface area (Å²) in [6.07, 6.45) is 1.78. The summed E-state index contributed by atoms with van der Waals surface area (Å²) in [7, 11) is 0. The van der Waals surface area contributed by atoms with E-state index in [2.05, 4.69) is 10.5 Å². The van der Waals surface area contributed by atoms with Crippen molar-refractivity contribution in [3.63, 3.8) is 0 Å². The minimum absolute atomic E-state index is 0.167. The molecule has 0 fully saturated rings. The predicted molar refractivity (Wildman–Crippen MR) is 78.7 cm³/mol. The Hall–Kier alpha value is -2.62. The highest BCUT2D eigenvalue weighted by Crippen LogP contribution is 2.08. The van der Waals surface area contributed by atoms with E-state index in [-0.39, 0.29) is 18.1 Å². The summed E-state index contributed by atoms with van der Waals surface area (Å²) in [5.74, 6) is -0.00909. The fourth-order valence-electron chi connectivity index (χ4n) is 1.71. The summed E-state index contributed by atoms with van der Waals surface area (Å²) in [5.41, 5.74) is 5.29. The molecule has 0 heterocycles. The molecule has 4 nitrogen and oxygen atoms in total. The molecule has 1 amide bonds. The number of carbonyl (C=O) groups is 1. The first-order valence-electron chi connectivity index (χ1n) is 6.30.